The standard InChI is InChI=1S/C22H32N4O4S/c1-15-13-17(22(3,4)5)14-16(2)20(15)31(29,30)26-11-9-25(10-12-26)21(28)18-7-8-19(27)24(6)23-18/h13-14H,7-12H2,1-6H3. The third-order valence-corrected chi connectivity index (χ3v) is 8.11. The average molecular weight is 449 g/mol. The number of benzene rings is 1. The molecule has 1 saturated heterocycles. The highest BCUT2D eigenvalue weighted by Gasteiger charge is 2.34. The number of hydrazone groups is 1. The number of sulfonamides is 1. The first-order valence-corrected chi connectivity index (χ1v) is 12.0. The van der Waals surface area contributed by atoms with Crippen molar-refractivity contribution in [2.75, 3.05) is 33.2 Å². The van der Waals surface area contributed by atoms with E-state index in [1.165, 1.54) is 16.4 Å². The topological polar surface area (TPSA) is 90.4 Å². The molecule has 0 aromatic heterocycles. The van der Waals surface area contributed by atoms with Gasteiger partial charge in [-0.1, -0.05) is 32.9 Å². The first-order chi connectivity index (χ1) is 14.3. The van der Waals surface area contributed by atoms with E-state index >= 15 is 0 Å². The van der Waals surface area contributed by atoms with E-state index in [9.17, 15) is 18.0 Å². The zero-order valence-corrected chi connectivity index (χ0v) is 20.0. The number of piperazine rings is 1. The van der Waals surface area contributed by atoms with Crippen LogP contribution in [-0.2, 0) is 25.0 Å². The third-order valence-electron chi connectivity index (χ3n) is 5.90. The first kappa shape index (κ1) is 23.4. The zero-order valence-electron chi connectivity index (χ0n) is 19.2. The predicted octanol–water partition coefficient (Wildman–Crippen LogP) is 2.04. The van der Waals surface area contributed by atoms with E-state index in [-0.39, 0.29) is 36.7 Å². The average Bonchev–Trinajstić information content (AvgIpc) is 2.68. The van der Waals surface area contributed by atoms with Crippen molar-refractivity contribution in [3.05, 3.63) is 28.8 Å². The summed E-state index contributed by atoms with van der Waals surface area (Å²) in [6.45, 7) is 11.1. The van der Waals surface area contributed by atoms with Crippen LogP contribution >= 0.6 is 0 Å². The summed E-state index contributed by atoms with van der Waals surface area (Å²) in [6, 6.07) is 3.91. The van der Waals surface area contributed by atoms with Crippen molar-refractivity contribution in [1.29, 1.82) is 0 Å². The molecule has 1 aromatic rings. The summed E-state index contributed by atoms with van der Waals surface area (Å²) < 4.78 is 28.3. The molecule has 2 amide bonds. The van der Waals surface area contributed by atoms with Crippen molar-refractivity contribution in [2.45, 2.75) is 57.8 Å². The molecule has 9 heteroatoms. The highest BCUT2D eigenvalue weighted by atomic mass is 32.2. The van der Waals surface area contributed by atoms with Gasteiger partial charge in [-0.25, -0.2) is 13.4 Å². The van der Waals surface area contributed by atoms with Crippen LogP contribution in [0.1, 0.15) is 50.3 Å². The van der Waals surface area contributed by atoms with Gasteiger partial charge < -0.3 is 4.90 Å². The number of hydrogen-bond acceptors (Lipinski definition) is 5. The summed E-state index contributed by atoms with van der Waals surface area (Å²) in [5.74, 6) is -0.339. The van der Waals surface area contributed by atoms with E-state index in [0.717, 1.165) is 16.7 Å². The molecule has 0 aliphatic carbocycles. The molecule has 0 N–H and O–H groups in total. The fourth-order valence-electron chi connectivity index (χ4n) is 4.06. The van der Waals surface area contributed by atoms with Crippen LogP contribution in [0.4, 0.5) is 0 Å². The van der Waals surface area contributed by atoms with Gasteiger partial charge in [0.05, 0.1) is 4.90 Å². The van der Waals surface area contributed by atoms with Gasteiger partial charge in [0.1, 0.15) is 5.71 Å². The molecule has 0 atom stereocenters. The Kier molecular flexibility index (Phi) is 6.30. The van der Waals surface area contributed by atoms with Gasteiger partial charge in [0.25, 0.3) is 5.91 Å². The number of rotatable bonds is 3. The summed E-state index contributed by atoms with van der Waals surface area (Å²) in [4.78, 5) is 26.3. The number of amides is 2. The van der Waals surface area contributed by atoms with Crippen LogP contribution in [0.3, 0.4) is 0 Å². The molecule has 0 radical (unpaired) electrons. The van der Waals surface area contributed by atoms with Gasteiger partial charge in [0.15, 0.2) is 0 Å². The van der Waals surface area contributed by atoms with E-state index < -0.39 is 10.0 Å². The molecule has 3 rings (SSSR count). The summed E-state index contributed by atoms with van der Waals surface area (Å²) in [5.41, 5.74) is 2.88. The highest BCUT2D eigenvalue weighted by Crippen LogP contribution is 2.31. The van der Waals surface area contributed by atoms with Crippen molar-refractivity contribution in [3.63, 3.8) is 0 Å². The second kappa shape index (κ2) is 8.35. The maximum atomic E-state index is 13.4. The van der Waals surface area contributed by atoms with Crippen molar-refractivity contribution in [1.82, 2.24) is 14.2 Å². The molecule has 0 bridgehead atoms. The number of carbonyl (C=O) groups is 2. The number of hydrogen-bond donors (Lipinski definition) is 0. The van der Waals surface area contributed by atoms with Crippen LogP contribution in [-0.4, -0.2) is 73.4 Å². The predicted molar refractivity (Wildman–Crippen MR) is 119 cm³/mol. The Hall–Kier alpha value is -2.26. The van der Waals surface area contributed by atoms with Crippen molar-refractivity contribution in [2.24, 2.45) is 5.10 Å². The zero-order chi connectivity index (χ0) is 23.1. The van der Waals surface area contributed by atoms with E-state index in [0.29, 0.717) is 30.1 Å². The van der Waals surface area contributed by atoms with Crippen molar-refractivity contribution < 1.29 is 18.0 Å². The Morgan fingerprint density at radius 3 is 2.03 bits per heavy atom. The van der Waals surface area contributed by atoms with Gasteiger partial charge in [-0.3, -0.25) is 9.59 Å². The molecule has 2 aliphatic heterocycles. The molecule has 2 aliphatic rings. The van der Waals surface area contributed by atoms with Gasteiger partial charge in [-0.2, -0.15) is 9.41 Å². The van der Waals surface area contributed by atoms with Crippen LogP contribution in [0.15, 0.2) is 22.1 Å². The third kappa shape index (κ3) is 4.67. The number of aryl methyl sites for hydroxylation is 2. The van der Waals surface area contributed by atoms with E-state index in [1.54, 1.807) is 4.90 Å². The van der Waals surface area contributed by atoms with Gasteiger partial charge >= 0.3 is 0 Å². The SMILES string of the molecule is Cc1cc(C(C)(C)C)cc(C)c1S(=O)(=O)N1CCN(C(=O)C2=NN(C)C(=O)CC2)CC1. The summed E-state index contributed by atoms with van der Waals surface area (Å²) >= 11 is 0. The summed E-state index contributed by atoms with van der Waals surface area (Å²) in [6.07, 6.45) is 0.581. The Morgan fingerprint density at radius 1 is 1.00 bits per heavy atom. The van der Waals surface area contributed by atoms with Crippen LogP contribution in [0.25, 0.3) is 0 Å². The van der Waals surface area contributed by atoms with Gasteiger partial charge in [0.2, 0.25) is 15.9 Å². The molecule has 1 fully saturated rings. The molecule has 8 nitrogen and oxygen atoms in total. The maximum absolute atomic E-state index is 13.4. The van der Waals surface area contributed by atoms with Crippen molar-refractivity contribution in [3.8, 4) is 0 Å². The van der Waals surface area contributed by atoms with Gasteiger partial charge in [-0.15, -0.1) is 0 Å². The summed E-state index contributed by atoms with van der Waals surface area (Å²) in [5, 5.41) is 5.28. The summed E-state index contributed by atoms with van der Waals surface area (Å²) in [7, 11) is -2.13. The smallest absolute Gasteiger partial charge is 0.270 e. The fourth-order valence-corrected chi connectivity index (χ4v) is 5.89. The Morgan fingerprint density at radius 2 is 1.55 bits per heavy atom. The molecule has 170 valence electrons. The number of carbonyl (C=O) groups excluding carboxylic acids is 2. The lowest BCUT2D eigenvalue weighted by molar-refractivity contribution is -0.130. The quantitative estimate of drug-likeness (QED) is 0.708. The lowest BCUT2D eigenvalue weighted by atomic mass is 9.85. The minimum absolute atomic E-state index is 0.0652. The first-order valence-electron chi connectivity index (χ1n) is 10.6. The monoisotopic (exact) mass is 448 g/mol. The Bertz CT molecular complexity index is 1010. The number of nitrogens with zero attached hydrogens (tertiary/aromatic N) is 4. The Balaban J connectivity index is 1.76. The normalized spacial score (nSPS) is 18.9. The van der Waals surface area contributed by atoms with Crippen molar-refractivity contribution >= 4 is 27.5 Å². The lowest BCUT2D eigenvalue weighted by Gasteiger charge is -2.35. The largest absolute Gasteiger partial charge is 0.335 e. The van der Waals surface area contributed by atoms with Crippen LogP contribution in [0.2, 0.25) is 0 Å². The molecule has 0 unspecified atom stereocenters. The van der Waals surface area contributed by atoms with Gasteiger partial charge in [0, 0.05) is 46.1 Å². The molecule has 0 spiro atoms. The molecular weight excluding hydrogens is 416 g/mol. The molecule has 2 heterocycles. The van der Waals surface area contributed by atoms with E-state index in [1.807, 2.05) is 26.0 Å². The van der Waals surface area contributed by atoms with Gasteiger partial charge in [-0.05, 0) is 36.0 Å². The highest BCUT2D eigenvalue weighted by molar-refractivity contribution is 7.89. The lowest BCUT2D eigenvalue weighted by Crippen LogP contribution is -2.52. The minimum Gasteiger partial charge on any atom is -0.335 e. The Labute approximate surface area is 184 Å². The minimum atomic E-state index is -3.66. The second-order valence-electron chi connectivity index (χ2n) is 9.35. The van der Waals surface area contributed by atoms with Crippen LogP contribution in [0, 0.1) is 13.8 Å². The molecule has 0 saturated carbocycles. The van der Waals surface area contributed by atoms with Crippen LogP contribution < -0.4 is 0 Å². The van der Waals surface area contributed by atoms with Crippen LogP contribution in [0.5, 0.6) is 0 Å². The molecular formula is C22H32N4O4S. The van der Waals surface area contributed by atoms with E-state index in [4.69, 9.17) is 0 Å². The van der Waals surface area contributed by atoms with E-state index in [2.05, 4.69) is 25.9 Å². The maximum Gasteiger partial charge on any atom is 0.270 e. The molecule has 1 aromatic carbocycles. The fraction of sp³-hybridized carbons (Fsp3) is 0.591. The molecule has 31 heavy (non-hydrogen) atoms. The second-order valence-corrected chi connectivity index (χ2v) is 11.2.